The predicted octanol–water partition coefficient (Wildman–Crippen LogP) is 2.29. The lowest BCUT2D eigenvalue weighted by Gasteiger charge is -2.15. The fourth-order valence-electron chi connectivity index (χ4n) is 2.92. The van der Waals surface area contributed by atoms with Gasteiger partial charge in [0.25, 0.3) is 5.56 Å². The zero-order valence-corrected chi connectivity index (χ0v) is 13.6. The van der Waals surface area contributed by atoms with Crippen molar-refractivity contribution in [1.82, 2.24) is 9.55 Å². The summed E-state index contributed by atoms with van der Waals surface area (Å²) in [7, 11) is 0. The monoisotopic (exact) mass is 338 g/mol. The molecule has 0 bridgehead atoms. The average molecular weight is 338 g/mol. The van der Waals surface area contributed by atoms with Gasteiger partial charge in [0.15, 0.2) is 11.5 Å². The van der Waals surface area contributed by atoms with E-state index in [4.69, 9.17) is 9.47 Å². The van der Waals surface area contributed by atoms with Crippen LogP contribution < -0.4 is 15.0 Å². The van der Waals surface area contributed by atoms with Crippen molar-refractivity contribution >= 4 is 10.9 Å². The number of benzene rings is 2. The van der Waals surface area contributed by atoms with Crippen molar-refractivity contribution in [3.8, 4) is 11.5 Å². The molecule has 0 saturated heterocycles. The van der Waals surface area contributed by atoms with Crippen molar-refractivity contribution in [2.75, 3.05) is 13.2 Å². The third kappa shape index (κ3) is 3.08. The van der Waals surface area contributed by atoms with E-state index >= 15 is 0 Å². The van der Waals surface area contributed by atoms with E-state index in [9.17, 15) is 9.90 Å². The Hall–Kier alpha value is -2.86. The van der Waals surface area contributed by atoms with Gasteiger partial charge in [-0.2, -0.15) is 0 Å². The number of aromatic nitrogens is 2. The topological polar surface area (TPSA) is 73.6 Å². The van der Waals surface area contributed by atoms with E-state index in [2.05, 4.69) is 4.98 Å². The smallest absolute Gasteiger partial charge is 0.261 e. The van der Waals surface area contributed by atoms with E-state index in [1.165, 1.54) is 10.9 Å². The lowest BCUT2D eigenvalue weighted by molar-refractivity contribution is 0.154. The highest BCUT2D eigenvalue weighted by Gasteiger charge is 2.16. The van der Waals surface area contributed by atoms with Crippen LogP contribution in [0.15, 0.2) is 53.6 Å². The molecule has 128 valence electrons. The van der Waals surface area contributed by atoms with Crippen LogP contribution >= 0.6 is 0 Å². The molecule has 1 aliphatic heterocycles. The molecule has 0 radical (unpaired) electrons. The maximum atomic E-state index is 12.5. The van der Waals surface area contributed by atoms with E-state index in [1.54, 1.807) is 36.4 Å². The average Bonchev–Trinajstić information content (AvgIpc) is 2.89. The molecule has 3 aromatic rings. The van der Waals surface area contributed by atoms with Crippen molar-refractivity contribution in [3.63, 3.8) is 0 Å². The molecule has 0 unspecified atom stereocenters. The molecule has 25 heavy (non-hydrogen) atoms. The third-order valence-electron chi connectivity index (χ3n) is 4.26. The maximum absolute atomic E-state index is 12.5. The summed E-state index contributed by atoms with van der Waals surface area (Å²) in [6.07, 6.45) is 1.44. The summed E-state index contributed by atoms with van der Waals surface area (Å²) in [6, 6.07) is 12.5. The van der Waals surface area contributed by atoms with Crippen molar-refractivity contribution in [2.45, 2.75) is 19.1 Å². The van der Waals surface area contributed by atoms with Gasteiger partial charge in [0, 0.05) is 6.42 Å². The fraction of sp³-hybridized carbons (Fsp3) is 0.263. The molecular weight excluding hydrogens is 320 g/mol. The Morgan fingerprint density at radius 2 is 1.92 bits per heavy atom. The highest BCUT2D eigenvalue weighted by Crippen LogP contribution is 2.32. The molecule has 2 aromatic carbocycles. The van der Waals surface area contributed by atoms with Gasteiger partial charge in [-0.3, -0.25) is 9.36 Å². The third-order valence-corrected chi connectivity index (χ3v) is 4.26. The molecule has 6 nitrogen and oxygen atoms in total. The van der Waals surface area contributed by atoms with Crippen LogP contribution in [0.25, 0.3) is 10.9 Å². The summed E-state index contributed by atoms with van der Waals surface area (Å²) in [5.74, 6) is 1.30. The fourth-order valence-corrected chi connectivity index (χ4v) is 2.92. The summed E-state index contributed by atoms with van der Waals surface area (Å²) in [5.41, 5.74) is 1.15. The quantitative estimate of drug-likeness (QED) is 0.793. The summed E-state index contributed by atoms with van der Waals surface area (Å²) in [4.78, 5) is 16.8. The Kier molecular flexibility index (Phi) is 4.11. The number of fused-ring (bicyclic) bond motifs is 2. The van der Waals surface area contributed by atoms with Gasteiger partial charge in [0.2, 0.25) is 0 Å². The van der Waals surface area contributed by atoms with E-state index in [1.807, 2.05) is 6.07 Å². The molecule has 1 aliphatic rings. The Morgan fingerprint density at radius 1 is 1.12 bits per heavy atom. The second kappa shape index (κ2) is 6.57. The number of hydrogen-bond donors (Lipinski definition) is 1. The van der Waals surface area contributed by atoms with Gasteiger partial charge in [-0.1, -0.05) is 18.2 Å². The summed E-state index contributed by atoms with van der Waals surface area (Å²) in [5, 5.41) is 11.1. The Labute approximate surface area is 144 Å². The molecule has 2 heterocycles. The lowest BCUT2D eigenvalue weighted by Crippen LogP contribution is -2.23. The molecule has 0 aliphatic carbocycles. The van der Waals surface area contributed by atoms with E-state index < -0.39 is 6.10 Å². The number of aliphatic hydroxyl groups excluding tert-OH is 1. The molecule has 0 saturated carbocycles. The van der Waals surface area contributed by atoms with Gasteiger partial charge in [0.1, 0.15) is 0 Å². The molecule has 1 atom stereocenters. The van der Waals surface area contributed by atoms with Crippen LogP contribution in [0, 0.1) is 0 Å². The zero-order valence-electron chi connectivity index (χ0n) is 13.6. The minimum absolute atomic E-state index is 0.121. The van der Waals surface area contributed by atoms with Gasteiger partial charge in [0.05, 0.1) is 43.1 Å². The Morgan fingerprint density at radius 3 is 2.80 bits per heavy atom. The largest absolute Gasteiger partial charge is 0.490 e. The number of nitrogens with zero attached hydrogens (tertiary/aromatic N) is 2. The van der Waals surface area contributed by atoms with Crippen LogP contribution in [0.3, 0.4) is 0 Å². The number of para-hydroxylation sites is 1. The standard InChI is InChI=1S/C19H18N2O4/c22-16(13-6-7-17-18(10-13)25-9-3-8-24-17)11-21-12-20-15-5-2-1-4-14(15)19(21)23/h1-2,4-7,10,12,16,22H,3,8-9,11H2/t16-/m0/s1. The summed E-state index contributed by atoms with van der Waals surface area (Å²) >= 11 is 0. The van der Waals surface area contributed by atoms with Gasteiger partial charge < -0.3 is 14.6 Å². The summed E-state index contributed by atoms with van der Waals surface area (Å²) in [6.45, 7) is 1.32. The minimum Gasteiger partial charge on any atom is -0.490 e. The highest BCUT2D eigenvalue weighted by molar-refractivity contribution is 5.76. The molecule has 1 aromatic heterocycles. The Bertz CT molecular complexity index is 967. The first-order chi connectivity index (χ1) is 12.2. The van der Waals surface area contributed by atoms with E-state index in [0.29, 0.717) is 41.2 Å². The van der Waals surface area contributed by atoms with Crippen LogP contribution in [-0.2, 0) is 6.54 Å². The number of hydrogen-bond acceptors (Lipinski definition) is 5. The zero-order chi connectivity index (χ0) is 17.2. The molecule has 1 N–H and O–H groups in total. The van der Waals surface area contributed by atoms with Crippen LogP contribution in [-0.4, -0.2) is 27.9 Å². The first-order valence-corrected chi connectivity index (χ1v) is 8.24. The number of ether oxygens (including phenoxy) is 2. The van der Waals surface area contributed by atoms with Gasteiger partial charge in [-0.15, -0.1) is 0 Å². The first kappa shape index (κ1) is 15.7. The van der Waals surface area contributed by atoms with Crippen molar-refractivity contribution in [1.29, 1.82) is 0 Å². The lowest BCUT2D eigenvalue weighted by atomic mass is 10.1. The minimum atomic E-state index is -0.849. The van der Waals surface area contributed by atoms with E-state index in [-0.39, 0.29) is 12.1 Å². The molecule has 0 amide bonds. The van der Waals surface area contributed by atoms with Gasteiger partial charge >= 0.3 is 0 Å². The van der Waals surface area contributed by atoms with Crippen LogP contribution in [0.1, 0.15) is 18.1 Å². The normalized spacial score (nSPS) is 14.9. The molecular formula is C19H18N2O4. The van der Waals surface area contributed by atoms with E-state index in [0.717, 1.165) is 6.42 Å². The SMILES string of the molecule is O=c1c2ccccc2ncn1C[C@H](O)c1ccc2c(c1)OCCCO2. The van der Waals surface area contributed by atoms with Gasteiger partial charge in [-0.05, 0) is 29.8 Å². The van der Waals surface area contributed by atoms with Crippen molar-refractivity contribution < 1.29 is 14.6 Å². The highest BCUT2D eigenvalue weighted by atomic mass is 16.5. The molecule has 6 heteroatoms. The van der Waals surface area contributed by atoms with Crippen LogP contribution in [0.5, 0.6) is 11.5 Å². The maximum Gasteiger partial charge on any atom is 0.261 e. The predicted molar refractivity (Wildman–Crippen MR) is 93.0 cm³/mol. The van der Waals surface area contributed by atoms with Crippen molar-refractivity contribution in [2.24, 2.45) is 0 Å². The summed E-state index contributed by atoms with van der Waals surface area (Å²) < 4.78 is 12.7. The molecule has 0 fully saturated rings. The molecule has 4 rings (SSSR count). The first-order valence-electron chi connectivity index (χ1n) is 8.24. The van der Waals surface area contributed by atoms with Crippen molar-refractivity contribution in [3.05, 3.63) is 64.7 Å². The van der Waals surface area contributed by atoms with Crippen LogP contribution in [0.4, 0.5) is 0 Å². The second-order valence-electron chi connectivity index (χ2n) is 5.99. The van der Waals surface area contributed by atoms with Gasteiger partial charge in [-0.25, -0.2) is 4.98 Å². The number of rotatable bonds is 3. The molecule has 0 spiro atoms. The second-order valence-corrected chi connectivity index (χ2v) is 5.99. The Balaban J connectivity index is 1.62. The van der Waals surface area contributed by atoms with Crippen LogP contribution in [0.2, 0.25) is 0 Å². The number of aliphatic hydroxyl groups is 1.